The number of rotatable bonds is 5. The summed E-state index contributed by atoms with van der Waals surface area (Å²) in [5.74, 6) is 0.713. The molecule has 0 unspecified atom stereocenters. The van der Waals surface area contributed by atoms with Gasteiger partial charge < -0.3 is 0 Å². The van der Waals surface area contributed by atoms with Crippen LogP contribution >= 0.6 is 11.3 Å². The Balaban J connectivity index is 1.23. The topological polar surface area (TPSA) is 25.8 Å². The summed E-state index contributed by atoms with van der Waals surface area (Å²) in [6, 6.07) is 65.1. The third-order valence-electron chi connectivity index (χ3n) is 9.87. The van der Waals surface area contributed by atoms with Crippen molar-refractivity contribution in [2.24, 2.45) is 0 Å². The van der Waals surface area contributed by atoms with Crippen molar-refractivity contribution in [2.75, 3.05) is 0 Å². The lowest BCUT2D eigenvalue weighted by Crippen LogP contribution is -1.97. The number of fused-ring (bicyclic) bond motifs is 5. The zero-order chi connectivity index (χ0) is 33.7. The van der Waals surface area contributed by atoms with Crippen molar-refractivity contribution in [1.82, 2.24) is 9.97 Å². The smallest absolute Gasteiger partial charge is 0.161 e. The van der Waals surface area contributed by atoms with Crippen LogP contribution in [-0.4, -0.2) is 9.97 Å². The van der Waals surface area contributed by atoms with Crippen LogP contribution in [-0.2, 0) is 0 Å². The molecule has 3 heteroatoms. The van der Waals surface area contributed by atoms with Gasteiger partial charge in [0.25, 0.3) is 0 Å². The molecule has 2 heterocycles. The van der Waals surface area contributed by atoms with Crippen LogP contribution in [0.3, 0.4) is 0 Å². The fourth-order valence-corrected chi connectivity index (χ4v) is 8.45. The van der Waals surface area contributed by atoms with Crippen molar-refractivity contribution in [1.29, 1.82) is 0 Å². The molecule has 0 spiro atoms. The molecule has 0 saturated carbocycles. The zero-order valence-corrected chi connectivity index (χ0v) is 28.4. The van der Waals surface area contributed by atoms with Gasteiger partial charge in [0.15, 0.2) is 5.82 Å². The van der Waals surface area contributed by atoms with E-state index in [9.17, 15) is 0 Å². The van der Waals surface area contributed by atoms with E-state index in [-0.39, 0.29) is 0 Å². The van der Waals surface area contributed by atoms with Crippen molar-refractivity contribution >= 4 is 53.1 Å². The van der Waals surface area contributed by atoms with E-state index in [1.54, 1.807) is 0 Å². The van der Waals surface area contributed by atoms with E-state index in [0.717, 1.165) is 44.6 Å². The third-order valence-corrected chi connectivity index (χ3v) is 11.0. The van der Waals surface area contributed by atoms with Crippen LogP contribution in [0.25, 0.3) is 97.9 Å². The van der Waals surface area contributed by atoms with E-state index < -0.39 is 0 Å². The molecule has 0 bridgehead atoms. The minimum absolute atomic E-state index is 0.713. The molecule has 0 amide bonds. The Labute approximate surface area is 300 Å². The zero-order valence-electron chi connectivity index (χ0n) is 27.6. The van der Waals surface area contributed by atoms with Crippen molar-refractivity contribution in [3.63, 3.8) is 0 Å². The molecule has 0 fully saturated rings. The minimum atomic E-state index is 0.713. The van der Waals surface area contributed by atoms with Crippen molar-refractivity contribution in [2.45, 2.75) is 0 Å². The number of hydrogen-bond acceptors (Lipinski definition) is 3. The fraction of sp³-hybridized carbons (Fsp3) is 0. The molecule has 0 aliphatic rings. The lowest BCUT2D eigenvalue weighted by Gasteiger charge is -2.15. The van der Waals surface area contributed by atoms with Crippen LogP contribution in [0.4, 0.5) is 0 Å². The maximum absolute atomic E-state index is 5.37. The summed E-state index contributed by atoms with van der Waals surface area (Å²) in [7, 11) is 0. The highest BCUT2D eigenvalue weighted by Crippen LogP contribution is 2.40. The van der Waals surface area contributed by atoms with Gasteiger partial charge in [-0.2, -0.15) is 0 Å². The summed E-state index contributed by atoms with van der Waals surface area (Å²) < 4.78 is 2.61. The van der Waals surface area contributed by atoms with E-state index in [2.05, 4.69) is 182 Å². The number of nitrogens with zero attached hydrogens (tertiary/aromatic N) is 2. The molecule has 0 atom stereocenters. The molecule has 10 aromatic rings. The predicted molar refractivity (Wildman–Crippen MR) is 217 cm³/mol. The molecule has 0 aliphatic carbocycles. The molecular formula is C48H30N2S. The Morgan fingerprint density at radius 3 is 1.67 bits per heavy atom. The van der Waals surface area contributed by atoms with Crippen LogP contribution in [0.2, 0.25) is 0 Å². The lowest BCUT2D eigenvalue weighted by molar-refractivity contribution is 1.19. The molecule has 8 aromatic carbocycles. The Hall–Kier alpha value is -6.42. The Bertz CT molecular complexity index is 2810. The molecule has 2 nitrogen and oxygen atoms in total. The van der Waals surface area contributed by atoms with Gasteiger partial charge in [0, 0.05) is 36.9 Å². The lowest BCUT2D eigenvalue weighted by atomic mass is 9.93. The molecule has 0 N–H and O–H groups in total. The average molecular weight is 667 g/mol. The highest BCUT2D eigenvalue weighted by molar-refractivity contribution is 7.25. The summed E-state index contributed by atoms with van der Waals surface area (Å²) in [5.41, 5.74) is 9.60. The Morgan fingerprint density at radius 1 is 0.314 bits per heavy atom. The fourth-order valence-electron chi connectivity index (χ4n) is 7.37. The van der Waals surface area contributed by atoms with Gasteiger partial charge in [0.05, 0.1) is 11.4 Å². The average Bonchev–Trinajstić information content (AvgIpc) is 3.58. The second-order valence-electron chi connectivity index (χ2n) is 13.0. The number of benzene rings is 8. The van der Waals surface area contributed by atoms with Gasteiger partial charge in [-0.3, -0.25) is 0 Å². The van der Waals surface area contributed by atoms with Gasteiger partial charge in [-0.25, -0.2) is 9.97 Å². The third kappa shape index (κ3) is 5.27. The second-order valence-corrected chi connectivity index (χ2v) is 14.1. The molecular weight excluding hydrogens is 637 g/mol. The summed E-state index contributed by atoms with van der Waals surface area (Å²) in [5, 5.41) is 7.25. The number of hydrogen-bond donors (Lipinski definition) is 0. The van der Waals surface area contributed by atoms with Gasteiger partial charge in [-0.1, -0.05) is 140 Å². The first kappa shape index (κ1) is 29.5. The van der Waals surface area contributed by atoms with Gasteiger partial charge in [-0.05, 0) is 86.3 Å². The molecule has 0 aliphatic heterocycles. The maximum atomic E-state index is 5.37. The maximum Gasteiger partial charge on any atom is 0.161 e. The summed E-state index contributed by atoms with van der Waals surface area (Å²) in [4.78, 5) is 10.7. The Morgan fingerprint density at radius 2 is 0.882 bits per heavy atom. The number of thiophene rings is 1. The van der Waals surface area contributed by atoms with Crippen LogP contribution in [0.15, 0.2) is 182 Å². The van der Waals surface area contributed by atoms with E-state index >= 15 is 0 Å². The minimum Gasteiger partial charge on any atom is -0.228 e. The van der Waals surface area contributed by atoms with E-state index in [0.29, 0.717) is 5.82 Å². The standard InChI is InChI=1S/C48H30N2S/c1-2-12-31(13-3-1)35-26-36(34-24-25-47-43(29-34)41-20-8-9-23-46(41)51-47)28-37(27-35)44-30-45(40-21-10-16-32-14-4-6-18-38(32)40)50-48(49-44)42-22-11-17-33-15-5-7-19-39(33)42/h1-30H. The molecule has 2 aromatic heterocycles. The monoisotopic (exact) mass is 666 g/mol. The molecule has 0 saturated heterocycles. The van der Waals surface area contributed by atoms with Crippen molar-refractivity contribution in [3.05, 3.63) is 182 Å². The highest BCUT2D eigenvalue weighted by atomic mass is 32.1. The van der Waals surface area contributed by atoms with Crippen LogP contribution in [0.5, 0.6) is 0 Å². The van der Waals surface area contributed by atoms with Crippen molar-refractivity contribution < 1.29 is 0 Å². The van der Waals surface area contributed by atoms with Crippen molar-refractivity contribution in [3.8, 4) is 56.2 Å². The van der Waals surface area contributed by atoms with Crippen LogP contribution in [0.1, 0.15) is 0 Å². The SMILES string of the molecule is c1ccc(-c2cc(-c3ccc4sc5ccccc5c4c3)cc(-c3cc(-c4cccc5ccccc45)nc(-c4cccc5ccccc45)n3)c2)cc1. The first-order chi connectivity index (χ1) is 25.2. The van der Waals surface area contributed by atoms with Gasteiger partial charge in [0.1, 0.15) is 0 Å². The highest BCUT2D eigenvalue weighted by Gasteiger charge is 2.17. The quantitative estimate of drug-likeness (QED) is 0.183. The van der Waals surface area contributed by atoms with E-state index in [1.807, 2.05) is 11.3 Å². The van der Waals surface area contributed by atoms with Crippen LogP contribution in [0, 0.1) is 0 Å². The normalized spacial score (nSPS) is 11.5. The number of aromatic nitrogens is 2. The van der Waals surface area contributed by atoms with Gasteiger partial charge in [-0.15, -0.1) is 11.3 Å². The van der Waals surface area contributed by atoms with Gasteiger partial charge in [0.2, 0.25) is 0 Å². The summed E-state index contributed by atoms with van der Waals surface area (Å²) in [6.07, 6.45) is 0. The van der Waals surface area contributed by atoms with E-state index in [1.165, 1.54) is 47.5 Å². The summed E-state index contributed by atoms with van der Waals surface area (Å²) >= 11 is 1.85. The Kier molecular flexibility index (Phi) is 7.04. The predicted octanol–water partition coefficient (Wildman–Crippen LogP) is 13.5. The van der Waals surface area contributed by atoms with Gasteiger partial charge >= 0.3 is 0 Å². The molecule has 238 valence electrons. The second kappa shape index (κ2) is 12.2. The van der Waals surface area contributed by atoms with E-state index in [4.69, 9.17) is 9.97 Å². The van der Waals surface area contributed by atoms with Crippen LogP contribution < -0.4 is 0 Å². The summed E-state index contributed by atoms with van der Waals surface area (Å²) in [6.45, 7) is 0. The molecule has 10 rings (SSSR count). The molecule has 51 heavy (non-hydrogen) atoms. The first-order valence-electron chi connectivity index (χ1n) is 17.2. The molecule has 0 radical (unpaired) electrons. The first-order valence-corrected chi connectivity index (χ1v) is 18.0. The largest absolute Gasteiger partial charge is 0.228 e.